The topological polar surface area (TPSA) is 42.3 Å². The van der Waals surface area contributed by atoms with Crippen LogP contribution in [0.15, 0.2) is 11.2 Å². The maximum Gasteiger partial charge on any atom is 0.160 e. The van der Waals surface area contributed by atoms with Crippen LogP contribution in [0.5, 0.6) is 0 Å². The fraction of sp³-hybridized carbons (Fsp3) is 0.167. The third kappa shape index (κ3) is 1.67. The maximum atomic E-state index is 10.1. The summed E-state index contributed by atoms with van der Waals surface area (Å²) >= 11 is 11.1. The number of halogens is 2. The van der Waals surface area contributed by atoms with E-state index in [0.717, 1.165) is 0 Å². The van der Waals surface area contributed by atoms with Gasteiger partial charge in [0, 0.05) is 0 Å². The predicted octanol–water partition coefficient (Wildman–Crippen LogP) is 3.09. The van der Waals surface area contributed by atoms with Crippen molar-refractivity contribution in [2.24, 2.45) is 5.18 Å². The first kappa shape index (κ1) is 8.43. The van der Waals surface area contributed by atoms with E-state index in [2.05, 4.69) is 10.2 Å². The lowest BCUT2D eigenvalue weighted by atomic mass is 10.3. The molecule has 0 aliphatic carbocycles. The molecule has 1 heterocycles. The summed E-state index contributed by atoms with van der Waals surface area (Å²) in [6.07, 6.45) is 0. The molecule has 0 aliphatic heterocycles. The molecule has 3 nitrogen and oxygen atoms in total. The molecule has 11 heavy (non-hydrogen) atoms. The predicted molar refractivity (Wildman–Crippen MR) is 44.4 cm³/mol. The van der Waals surface area contributed by atoms with Gasteiger partial charge in [0.2, 0.25) is 0 Å². The number of pyridine rings is 1. The van der Waals surface area contributed by atoms with Crippen LogP contribution in [0, 0.1) is 11.8 Å². The number of aryl methyl sites for hydroxylation is 1. The lowest BCUT2D eigenvalue weighted by Gasteiger charge is -1.98. The molecular weight excluding hydrogens is 187 g/mol. The number of hydrogen-bond acceptors (Lipinski definition) is 3. The Kier molecular flexibility index (Phi) is 2.42. The van der Waals surface area contributed by atoms with Crippen molar-refractivity contribution in [3.05, 3.63) is 26.8 Å². The van der Waals surface area contributed by atoms with Gasteiger partial charge >= 0.3 is 0 Å². The molecule has 0 spiro atoms. The molecular formula is C6H4Cl2N2O. The zero-order chi connectivity index (χ0) is 8.43. The molecule has 0 fully saturated rings. The molecule has 0 amide bonds. The second-order valence-corrected chi connectivity index (χ2v) is 2.74. The Labute approximate surface area is 73.3 Å². The van der Waals surface area contributed by atoms with E-state index in [0.29, 0.717) is 5.56 Å². The van der Waals surface area contributed by atoms with E-state index in [4.69, 9.17) is 23.2 Å². The minimum absolute atomic E-state index is 0.0463. The van der Waals surface area contributed by atoms with Gasteiger partial charge in [-0.15, -0.1) is 4.91 Å². The molecule has 5 heteroatoms. The summed E-state index contributed by atoms with van der Waals surface area (Å²) in [5.41, 5.74) is 0.779. The molecule has 0 atom stereocenters. The maximum absolute atomic E-state index is 10.1. The molecule has 1 aromatic rings. The van der Waals surface area contributed by atoms with Crippen LogP contribution >= 0.6 is 23.2 Å². The Morgan fingerprint density at radius 2 is 2.18 bits per heavy atom. The van der Waals surface area contributed by atoms with Crippen LogP contribution in [0.2, 0.25) is 10.3 Å². The number of nitrogens with zero attached hydrogens (tertiary/aromatic N) is 2. The van der Waals surface area contributed by atoms with Crippen LogP contribution in [0.1, 0.15) is 5.56 Å². The molecule has 0 saturated carbocycles. The summed E-state index contributed by atoms with van der Waals surface area (Å²) in [4.78, 5) is 13.8. The quantitative estimate of drug-likeness (QED) is 0.505. The van der Waals surface area contributed by atoms with Crippen molar-refractivity contribution in [2.75, 3.05) is 0 Å². The summed E-state index contributed by atoms with van der Waals surface area (Å²) in [5, 5.41) is 3.02. The Morgan fingerprint density at radius 1 is 1.55 bits per heavy atom. The molecule has 0 N–H and O–H groups in total. The smallest absolute Gasteiger partial charge is 0.160 e. The number of hydrogen-bond donors (Lipinski definition) is 0. The lowest BCUT2D eigenvalue weighted by Crippen LogP contribution is -1.81. The van der Waals surface area contributed by atoms with Crippen molar-refractivity contribution in [2.45, 2.75) is 6.92 Å². The number of nitroso groups, excluding NO2 is 1. The van der Waals surface area contributed by atoms with Crippen LogP contribution in [-0.2, 0) is 0 Å². The van der Waals surface area contributed by atoms with E-state index >= 15 is 0 Å². The van der Waals surface area contributed by atoms with Crippen LogP contribution in [-0.4, -0.2) is 4.98 Å². The van der Waals surface area contributed by atoms with E-state index in [1.165, 1.54) is 6.07 Å². The summed E-state index contributed by atoms with van der Waals surface area (Å²) in [6, 6.07) is 1.53. The summed E-state index contributed by atoms with van der Waals surface area (Å²) < 4.78 is 0. The first-order chi connectivity index (χ1) is 5.15. The highest BCUT2D eigenvalue weighted by Crippen LogP contribution is 2.28. The van der Waals surface area contributed by atoms with E-state index in [1.54, 1.807) is 6.92 Å². The van der Waals surface area contributed by atoms with Crippen LogP contribution in [0.4, 0.5) is 5.69 Å². The SMILES string of the molecule is Cc1cc(Cl)nc(Cl)c1N=O. The normalized spacial score (nSPS) is 9.73. The molecule has 0 aromatic carbocycles. The standard InChI is InChI=1S/C6H4Cl2N2O/c1-3-2-4(7)9-6(8)5(3)10-11/h2H,1H3. The summed E-state index contributed by atoms with van der Waals surface area (Å²) in [6.45, 7) is 1.69. The van der Waals surface area contributed by atoms with Crippen LogP contribution < -0.4 is 0 Å². The Bertz CT molecular complexity index is 278. The Hall–Kier alpha value is -0.670. The highest BCUT2D eigenvalue weighted by molar-refractivity contribution is 6.34. The highest BCUT2D eigenvalue weighted by Gasteiger charge is 2.06. The molecule has 0 bridgehead atoms. The fourth-order valence-corrected chi connectivity index (χ4v) is 1.26. The minimum atomic E-state index is 0.0463. The fourth-order valence-electron chi connectivity index (χ4n) is 0.698. The van der Waals surface area contributed by atoms with E-state index in [-0.39, 0.29) is 16.0 Å². The van der Waals surface area contributed by atoms with Crippen LogP contribution in [0.25, 0.3) is 0 Å². The molecule has 0 radical (unpaired) electrons. The van der Waals surface area contributed by atoms with Crippen molar-refractivity contribution < 1.29 is 0 Å². The van der Waals surface area contributed by atoms with Crippen molar-refractivity contribution in [1.82, 2.24) is 4.98 Å². The first-order valence-electron chi connectivity index (χ1n) is 2.81. The van der Waals surface area contributed by atoms with Gasteiger partial charge in [-0.3, -0.25) is 0 Å². The average Bonchev–Trinajstić information content (AvgIpc) is 1.85. The molecule has 0 aliphatic rings. The number of aromatic nitrogens is 1. The van der Waals surface area contributed by atoms with Crippen molar-refractivity contribution in [1.29, 1.82) is 0 Å². The van der Waals surface area contributed by atoms with Gasteiger partial charge in [0.25, 0.3) is 0 Å². The highest BCUT2D eigenvalue weighted by atomic mass is 35.5. The zero-order valence-corrected chi connectivity index (χ0v) is 7.15. The van der Waals surface area contributed by atoms with Gasteiger partial charge in [-0.1, -0.05) is 23.2 Å². The van der Waals surface area contributed by atoms with Gasteiger partial charge in [0.1, 0.15) is 10.8 Å². The van der Waals surface area contributed by atoms with E-state index in [9.17, 15) is 4.91 Å². The van der Waals surface area contributed by atoms with Gasteiger partial charge < -0.3 is 0 Å². The van der Waals surface area contributed by atoms with Crippen LogP contribution in [0.3, 0.4) is 0 Å². The Morgan fingerprint density at radius 3 is 2.64 bits per heavy atom. The van der Waals surface area contributed by atoms with Gasteiger partial charge in [-0.25, -0.2) is 4.98 Å². The first-order valence-corrected chi connectivity index (χ1v) is 3.56. The average molecular weight is 191 g/mol. The largest absolute Gasteiger partial charge is 0.222 e. The molecule has 58 valence electrons. The third-order valence-corrected chi connectivity index (χ3v) is 1.66. The van der Waals surface area contributed by atoms with Crippen molar-refractivity contribution in [3.63, 3.8) is 0 Å². The van der Waals surface area contributed by atoms with Gasteiger partial charge in [-0.05, 0) is 23.7 Å². The van der Waals surface area contributed by atoms with Gasteiger partial charge in [0.15, 0.2) is 5.15 Å². The van der Waals surface area contributed by atoms with Gasteiger partial charge in [0.05, 0.1) is 0 Å². The molecule has 1 rings (SSSR count). The summed E-state index contributed by atoms with van der Waals surface area (Å²) in [5.74, 6) is 0. The van der Waals surface area contributed by atoms with E-state index in [1.807, 2.05) is 0 Å². The monoisotopic (exact) mass is 190 g/mol. The lowest BCUT2D eigenvalue weighted by molar-refractivity contribution is 1.25. The molecule has 0 unspecified atom stereocenters. The second-order valence-electron chi connectivity index (χ2n) is 1.99. The third-order valence-electron chi connectivity index (χ3n) is 1.20. The zero-order valence-electron chi connectivity index (χ0n) is 5.64. The van der Waals surface area contributed by atoms with E-state index < -0.39 is 0 Å². The summed E-state index contributed by atoms with van der Waals surface area (Å²) in [7, 11) is 0. The number of rotatable bonds is 1. The van der Waals surface area contributed by atoms with Crippen molar-refractivity contribution in [3.8, 4) is 0 Å². The second kappa shape index (κ2) is 3.15. The minimum Gasteiger partial charge on any atom is -0.222 e. The Balaban J connectivity index is 3.36. The molecule has 0 saturated heterocycles. The molecule has 1 aromatic heterocycles. The van der Waals surface area contributed by atoms with Crippen molar-refractivity contribution >= 4 is 28.9 Å². The van der Waals surface area contributed by atoms with Gasteiger partial charge in [-0.2, -0.15) is 0 Å².